The Kier molecular flexibility index (Phi) is 4.48. The molecule has 1 atom stereocenters. The number of aromatic nitrogens is 1. The first-order chi connectivity index (χ1) is 12.1. The zero-order valence-electron chi connectivity index (χ0n) is 13.6. The average molecular weight is 376 g/mol. The monoisotopic (exact) mass is 375 g/mol. The summed E-state index contributed by atoms with van der Waals surface area (Å²) < 4.78 is 0. The van der Waals surface area contributed by atoms with Crippen LogP contribution in [0.5, 0.6) is 0 Å². The summed E-state index contributed by atoms with van der Waals surface area (Å²) in [6.07, 6.45) is 5.35. The minimum atomic E-state index is -0.217. The van der Waals surface area contributed by atoms with E-state index in [0.29, 0.717) is 29.5 Å². The van der Waals surface area contributed by atoms with E-state index in [0.717, 1.165) is 30.0 Å². The van der Waals surface area contributed by atoms with Crippen molar-refractivity contribution in [3.05, 3.63) is 45.4 Å². The van der Waals surface area contributed by atoms with Crippen LogP contribution in [0.2, 0.25) is 5.02 Å². The second-order valence-electron chi connectivity index (χ2n) is 6.47. The van der Waals surface area contributed by atoms with Gasteiger partial charge >= 0.3 is 0 Å². The molecule has 2 fully saturated rings. The number of hydrogen-bond acceptors (Lipinski definition) is 4. The number of nitrogens with one attached hydrogen (secondary N) is 1. The third-order valence-electron chi connectivity index (χ3n) is 4.68. The molecule has 1 unspecified atom stereocenters. The van der Waals surface area contributed by atoms with Crippen molar-refractivity contribution in [3.8, 4) is 0 Å². The fraction of sp³-hybridized carbons (Fsp3) is 0.389. The number of hydrogen-bond donors (Lipinski definition) is 1. The van der Waals surface area contributed by atoms with Gasteiger partial charge in [0.05, 0.1) is 16.6 Å². The fourth-order valence-electron chi connectivity index (χ4n) is 3.19. The number of halogens is 1. The van der Waals surface area contributed by atoms with Crippen LogP contribution in [0.15, 0.2) is 29.8 Å². The van der Waals surface area contributed by atoms with Crippen LogP contribution in [0, 0.1) is 5.92 Å². The summed E-state index contributed by atoms with van der Waals surface area (Å²) >= 11 is 7.81. The predicted molar refractivity (Wildman–Crippen MR) is 98.1 cm³/mol. The summed E-state index contributed by atoms with van der Waals surface area (Å²) in [7, 11) is 0. The lowest BCUT2D eigenvalue weighted by atomic mass is 10.1. The maximum atomic E-state index is 12.8. The summed E-state index contributed by atoms with van der Waals surface area (Å²) in [5, 5.41) is 6.33. The zero-order chi connectivity index (χ0) is 17.4. The van der Waals surface area contributed by atoms with Gasteiger partial charge in [0.15, 0.2) is 0 Å². The highest BCUT2D eigenvalue weighted by molar-refractivity contribution is 7.09. The number of thiazole rings is 1. The van der Waals surface area contributed by atoms with E-state index in [2.05, 4.69) is 10.3 Å². The first-order valence-electron chi connectivity index (χ1n) is 8.43. The molecule has 1 aliphatic heterocycles. The second-order valence-corrected chi connectivity index (χ2v) is 7.81. The molecular weight excluding hydrogens is 358 g/mol. The van der Waals surface area contributed by atoms with Crippen molar-refractivity contribution in [3.63, 3.8) is 0 Å². The SMILES string of the molecule is O=C(NC(c1nccs1)C1CC1)c1cc(N2CCCC2=O)ccc1Cl. The molecule has 0 bridgehead atoms. The second kappa shape index (κ2) is 6.77. The molecule has 2 aliphatic rings. The Morgan fingerprint density at radius 2 is 2.24 bits per heavy atom. The van der Waals surface area contributed by atoms with Crippen LogP contribution in [0.3, 0.4) is 0 Å². The van der Waals surface area contributed by atoms with Gasteiger partial charge in [-0.15, -0.1) is 11.3 Å². The van der Waals surface area contributed by atoms with Gasteiger partial charge in [-0.25, -0.2) is 4.98 Å². The highest BCUT2D eigenvalue weighted by Gasteiger charge is 2.35. The van der Waals surface area contributed by atoms with Gasteiger partial charge < -0.3 is 10.2 Å². The van der Waals surface area contributed by atoms with Gasteiger partial charge in [0.1, 0.15) is 5.01 Å². The number of amides is 2. The van der Waals surface area contributed by atoms with E-state index in [1.54, 1.807) is 40.6 Å². The van der Waals surface area contributed by atoms with Crippen molar-refractivity contribution >= 4 is 40.4 Å². The van der Waals surface area contributed by atoms with E-state index >= 15 is 0 Å². The summed E-state index contributed by atoms with van der Waals surface area (Å²) in [4.78, 5) is 30.9. The maximum absolute atomic E-state index is 12.8. The molecule has 1 aromatic heterocycles. The Labute approximate surface area is 155 Å². The number of carbonyl (C=O) groups is 2. The molecule has 2 heterocycles. The Hall–Kier alpha value is -1.92. The summed E-state index contributed by atoms with van der Waals surface area (Å²) in [5.74, 6) is 0.315. The number of benzene rings is 1. The predicted octanol–water partition coefficient (Wildman–Crippen LogP) is 3.80. The van der Waals surface area contributed by atoms with Gasteiger partial charge in [0.2, 0.25) is 5.91 Å². The lowest BCUT2D eigenvalue weighted by Gasteiger charge is -2.19. The van der Waals surface area contributed by atoms with Crippen LogP contribution in [-0.4, -0.2) is 23.3 Å². The number of nitrogens with zero attached hydrogens (tertiary/aromatic N) is 2. The lowest BCUT2D eigenvalue weighted by Crippen LogP contribution is -2.30. The molecular formula is C18H18ClN3O2S. The summed E-state index contributed by atoms with van der Waals surface area (Å²) in [6.45, 7) is 0.686. The van der Waals surface area contributed by atoms with Gasteiger partial charge in [-0.3, -0.25) is 9.59 Å². The Morgan fingerprint density at radius 1 is 1.40 bits per heavy atom. The fourth-order valence-corrected chi connectivity index (χ4v) is 4.18. The third-order valence-corrected chi connectivity index (χ3v) is 5.87. The van der Waals surface area contributed by atoms with Gasteiger partial charge in [-0.05, 0) is 43.4 Å². The molecule has 2 aromatic rings. The van der Waals surface area contributed by atoms with Crippen LogP contribution in [0.4, 0.5) is 5.69 Å². The van der Waals surface area contributed by atoms with Crippen molar-refractivity contribution in [1.82, 2.24) is 10.3 Å². The third kappa shape index (κ3) is 3.41. The smallest absolute Gasteiger partial charge is 0.253 e. The van der Waals surface area contributed by atoms with E-state index in [9.17, 15) is 9.59 Å². The minimum absolute atomic E-state index is 0.0689. The average Bonchev–Trinajstić information content (AvgIpc) is 3.12. The molecule has 25 heavy (non-hydrogen) atoms. The molecule has 130 valence electrons. The van der Waals surface area contributed by atoms with Gasteiger partial charge in [0, 0.05) is 30.2 Å². The first-order valence-corrected chi connectivity index (χ1v) is 9.69. The largest absolute Gasteiger partial charge is 0.342 e. The number of anilines is 1. The molecule has 2 amide bonds. The molecule has 0 spiro atoms. The molecule has 5 nitrogen and oxygen atoms in total. The van der Waals surface area contributed by atoms with Crippen molar-refractivity contribution < 1.29 is 9.59 Å². The molecule has 7 heteroatoms. The van der Waals surface area contributed by atoms with Gasteiger partial charge in [-0.2, -0.15) is 0 Å². The molecule has 1 saturated carbocycles. The van der Waals surface area contributed by atoms with Gasteiger partial charge in [-0.1, -0.05) is 11.6 Å². The summed E-state index contributed by atoms with van der Waals surface area (Å²) in [5.41, 5.74) is 1.13. The van der Waals surface area contributed by atoms with Crippen molar-refractivity contribution in [2.24, 2.45) is 5.92 Å². The Bertz CT molecular complexity index is 805. The number of carbonyl (C=O) groups excluding carboxylic acids is 2. The Balaban J connectivity index is 1.58. The zero-order valence-corrected chi connectivity index (χ0v) is 15.1. The van der Waals surface area contributed by atoms with E-state index in [-0.39, 0.29) is 17.9 Å². The summed E-state index contributed by atoms with van der Waals surface area (Å²) in [6, 6.07) is 5.13. The quantitative estimate of drug-likeness (QED) is 0.864. The maximum Gasteiger partial charge on any atom is 0.253 e. The molecule has 1 aliphatic carbocycles. The van der Waals surface area contributed by atoms with Crippen molar-refractivity contribution in [2.45, 2.75) is 31.7 Å². The molecule has 0 radical (unpaired) electrons. The highest BCUT2D eigenvalue weighted by atomic mass is 35.5. The molecule has 1 N–H and O–H groups in total. The molecule has 1 saturated heterocycles. The minimum Gasteiger partial charge on any atom is -0.342 e. The van der Waals surface area contributed by atoms with Crippen LogP contribution in [-0.2, 0) is 4.79 Å². The van der Waals surface area contributed by atoms with Crippen LogP contribution >= 0.6 is 22.9 Å². The lowest BCUT2D eigenvalue weighted by molar-refractivity contribution is -0.117. The van der Waals surface area contributed by atoms with Crippen LogP contribution in [0.1, 0.15) is 47.1 Å². The molecule has 1 aromatic carbocycles. The number of rotatable bonds is 5. The standard InChI is InChI=1S/C18H18ClN3O2S/c19-14-6-5-12(22-8-1-2-15(22)23)10-13(14)17(24)21-16(11-3-4-11)18-20-7-9-25-18/h5-7,9-11,16H,1-4,8H2,(H,21,24). The van der Waals surface area contributed by atoms with E-state index in [1.165, 1.54) is 0 Å². The normalized spacial score (nSPS) is 18.4. The molecule has 4 rings (SSSR count). The topological polar surface area (TPSA) is 62.3 Å². The van der Waals surface area contributed by atoms with E-state index < -0.39 is 0 Å². The van der Waals surface area contributed by atoms with Crippen molar-refractivity contribution in [2.75, 3.05) is 11.4 Å². The van der Waals surface area contributed by atoms with Crippen LogP contribution in [0.25, 0.3) is 0 Å². The highest BCUT2D eigenvalue weighted by Crippen LogP contribution is 2.42. The van der Waals surface area contributed by atoms with Crippen molar-refractivity contribution in [1.29, 1.82) is 0 Å². The van der Waals surface area contributed by atoms with E-state index in [1.807, 2.05) is 5.38 Å². The first kappa shape index (κ1) is 16.5. The van der Waals surface area contributed by atoms with Gasteiger partial charge in [0.25, 0.3) is 5.91 Å². The van der Waals surface area contributed by atoms with E-state index in [4.69, 9.17) is 11.6 Å². The van der Waals surface area contributed by atoms with Crippen LogP contribution < -0.4 is 10.2 Å². The Morgan fingerprint density at radius 3 is 2.88 bits per heavy atom.